The number of carboxylic acids is 1. The predicted octanol–water partition coefficient (Wildman–Crippen LogP) is 0.838. The Balaban J connectivity index is 2.49. The highest BCUT2D eigenvalue weighted by molar-refractivity contribution is 5.87. The Hall–Kier alpha value is -2.57. The quantitative estimate of drug-likeness (QED) is 0.620. The van der Waals surface area contributed by atoms with Gasteiger partial charge in [-0.15, -0.1) is 0 Å². The van der Waals surface area contributed by atoms with Crippen molar-refractivity contribution in [3.8, 4) is 0 Å². The van der Waals surface area contributed by atoms with E-state index < -0.39 is 23.4 Å². The predicted molar refractivity (Wildman–Crippen MR) is 76.7 cm³/mol. The van der Waals surface area contributed by atoms with Crippen molar-refractivity contribution in [2.75, 3.05) is 0 Å². The summed E-state index contributed by atoms with van der Waals surface area (Å²) in [6.07, 6.45) is 0.0354. The molecular weight excluding hydrogens is 274 g/mol. The number of nitrogens with two attached hydrogens (primary N) is 1. The SMILES string of the molecule is CC(C)(CC(N)=O)NC(=O)NCc1ccc(C(=O)O)cc1. The number of carboxylic acid groups (broad SMARTS) is 1. The van der Waals surface area contributed by atoms with Crippen LogP contribution < -0.4 is 16.4 Å². The van der Waals surface area contributed by atoms with E-state index in [9.17, 15) is 14.4 Å². The summed E-state index contributed by atoms with van der Waals surface area (Å²) in [5.41, 5.74) is 5.32. The first-order valence-electron chi connectivity index (χ1n) is 6.36. The van der Waals surface area contributed by atoms with Crippen LogP contribution >= 0.6 is 0 Å². The first-order valence-corrected chi connectivity index (χ1v) is 6.36. The van der Waals surface area contributed by atoms with Gasteiger partial charge < -0.3 is 21.5 Å². The molecule has 0 aromatic heterocycles. The molecule has 0 aliphatic carbocycles. The molecule has 0 unspecified atom stereocenters. The van der Waals surface area contributed by atoms with Gasteiger partial charge in [0.25, 0.3) is 0 Å². The minimum Gasteiger partial charge on any atom is -0.478 e. The average Bonchev–Trinajstić information content (AvgIpc) is 2.34. The van der Waals surface area contributed by atoms with E-state index in [0.717, 1.165) is 5.56 Å². The first kappa shape index (κ1) is 16.5. The molecule has 0 radical (unpaired) electrons. The van der Waals surface area contributed by atoms with E-state index in [1.54, 1.807) is 26.0 Å². The summed E-state index contributed by atoms with van der Waals surface area (Å²) in [4.78, 5) is 33.3. The standard InChI is InChI=1S/C14H19N3O4/c1-14(2,7-11(15)18)17-13(21)16-8-9-3-5-10(6-4-9)12(19)20/h3-6H,7-8H2,1-2H3,(H2,15,18)(H,19,20)(H2,16,17,21). The largest absolute Gasteiger partial charge is 0.478 e. The molecule has 0 aliphatic heterocycles. The zero-order chi connectivity index (χ0) is 16.0. The van der Waals surface area contributed by atoms with Crippen LogP contribution in [0.2, 0.25) is 0 Å². The number of urea groups is 1. The molecule has 7 heteroatoms. The Morgan fingerprint density at radius 3 is 2.24 bits per heavy atom. The Bertz CT molecular complexity index is 538. The average molecular weight is 293 g/mol. The van der Waals surface area contributed by atoms with Gasteiger partial charge in [-0.05, 0) is 31.5 Å². The minimum absolute atomic E-state index is 0.0354. The fourth-order valence-corrected chi connectivity index (χ4v) is 1.78. The van der Waals surface area contributed by atoms with Crippen LogP contribution in [-0.4, -0.2) is 28.6 Å². The molecule has 0 spiro atoms. The number of nitrogens with one attached hydrogen (secondary N) is 2. The second kappa shape index (κ2) is 6.74. The highest BCUT2D eigenvalue weighted by Gasteiger charge is 2.22. The molecule has 0 bridgehead atoms. The molecule has 0 saturated heterocycles. The third kappa shape index (κ3) is 5.94. The summed E-state index contributed by atoms with van der Waals surface area (Å²) in [6.45, 7) is 3.64. The van der Waals surface area contributed by atoms with E-state index in [2.05, 4.69) is 10.6 Å². The molecule has 21 heavy (non-hydrogen) atoms. The molecule has 1 aromatic rings. The highest BCUT2D eigenvalue weighted by atomic mass is 16.4. The third-order valence-corrected chi connectivity index (χ3v) is 2.72. The first-order chi connectivity index (χ1) is 9.69. The maximum Gasteiger partial charge on any atom is 0.335 e. The Morgan fingerprint density at radius 2 is 1.76 bits per heavy atom. The van der Waals surface area contributed by atoms with E-state index in [1.165, 1.54) is 12.1 Å². The summed E-state index contributed by atoms with van der Waals surface area (Å²) in [7, 11) is 0. The number of rotatable bonds is 6. The molecule has 0 heterocycles. The Labute approximate surface area is 122 Å². The number of aromatic carboxylic acids is 1. The molecule has 114 valence electrons. The van der Waals surface area contributed by atoms with Crippen molar-refractivity contribution in [3.05, 3.63) is 35.4 Å². The van der Waals surface area contributed by atoms with Crippen molar-refractivity contribution in [2.24, 2.45) is 5.73 Å². The van der Waals surface area contributed by atoms with Gasteiger partial charge in [0.05, 0.1) is 5.56 Å². The summed E-state index contributed by atoms with van der Waals surface area (Å²) in [5, 5.41) is 14.0. The second-order valence-corrected chi connectivity index (χ2v) is 5.34. The van der Waals surface area contributed by atoms with Gasteiger partial charge >= 0.3 is 12.0 Å². The van der Waals surface area contributed by atoms with Crippen LogP contribution in [0, 0.1) is 0 Å². The molecule has 0 fully saturated rings. The number of primary amides is 1. The summed E-state index contributed by atoms with van der Waals surface area (Å²) in [5.74, 6) is -1.50. The number of carbonyl (C=O) groups excluding carboxylic acids is 2. The summed E-state index contributed by atoms with van der Waals surface area (Å²) in [6, 6.07) is 5.75. The maximum atomic E-state index is 11.7. The molecule has 0 saturated carbocycles. The number of carbonyl (C=O) groups is 3. The number of hydrogen-bond donors (Lipinski definition) is 4. The van der Waals surface area contributed by atoms with E-state index in [-0.39, 0.29) is 18.5 Å². The minimum atomic E-state index is -1.000. The molecule has 1 rings (SSSR count). The van der Waals surface area contributed by atoms with E-state index in [4.69, 9.17) is 10.8 Å². The van der Waals surface area contributed by atoms with Crippen molar-refractivity contribution in [2.45, 2.75) is 32.4 Å². The van der Waals surface area contributed by atoms with Gasteiger partial charge in [0.1, 0.15) is 0 Å². The second-order valence-electron chi connectivity index (χ2n) is 5.34. The molecular formula is C14H19N3O4. The molecule has 3 amide bonds. The van der Waals surface area contributed by atoms with Gasteiger partial charge in [-0.1, -0.05) is 12.1 Å². The lowest BCUT2D eigenvalue weighted by Gasteiger charge is -2.24. The van der Waals surface area contributed by atoms with E-state index in [1.807, 2.05) is 0 Å². The van der Waals surface area contributed by atoms with Crippen LogP contribution in [0.1, 0.15) is 36.2 Å². The van der Waals surface area contributed by atoms with Crippen molar-refractivity contribution in [3.63, 3.8) is 0 Å². The van der Waals surface area contributed by atoms with Crippen molar-refractivity contribution < 1.29 is 19.5 Å². The normalized spacial score (nSPS) is 10.8. The number of amides is 3. The lowest BCUT2D eigenvalue weighted by Crippen LogP contribution is -2.49. The van der Waals surface area contributed by atoms with E-state index >= 15 is 0 Å². The molecule has 7 nitrogen and oxygen atoms in total. The van der Waals surface area contributed by atoms with Crippen LogP contribution in [0.5, 0.6) is 0 Å². The Kier molecular flexibility index (Phi) is 5.29. The fraction of sp³-hybridized carbons (Fsp3) is 0.357. The van der Waals surface area contributed by atoms with Gasteiger partial charge in [-0.3, -0.25) is 4.79 Å². The van der Waals surface area contributed by atoms with E-state index in [0.29, 0.717) is 0 Å². The van der Waals surface area contributed by atoms with Gasteiger partial charge in [0.15, 0.2) is 0 Å². The lowest BCUT2D eigenvalue weighted by atomic mass is 10.0. The summed E-state index contributed by atoms with van der Waals surface area (Å²) < 4.78 is 0. The van der Waals surface area contributed by atoms with Crippen LogP contribution in [0.3, 0.4) is 0 Å². The van der Waals surface area contributed by atoms with Crippen molar-refractivity contribution in [1.82, 2.24) is 10.6 Å². The zero-order valence-electron chi connectivity index (χ0n) is 12.0. The molecule has 0 aliphatic rings. The van der Waals surface area contributed by atoms with Gasteiger partial charge in [0, 0.05) is 18.5 Å². The van der Waals surface area contributed by atoms with Crippen molar-refractivity contribution >= 4 is 17.9 Å². The topological polar surface area (TPSA) is 122 Å². The number of benzene rings is 1. The lowest BCUT2D eigenvalue weighted by molar-refractivity contribution is -0.119. The Morgan fingerprint density at radius 1 is 1.19 bits per heavy atom. The van der Waals surface area contributed by atoms with Gasteiger partial charge in [-0.25, -0.2) is 9.59 Å². The van der Waals surface area contributed by atoms with Crippen LogP contribution in [0.15, 0.2) is 24.3 Å². The molecule has 0 atom stereocenters. The molecule has 5 N–H and O–H groups in total. The highest BCUT2D eigenvalue weighted by Crippen LogP contribution is 2.07. The van der Waals surface area contributed by atoms with Crippen LogP contribution in [-0.2, 0) is 11.3 Å². The monoisotopic (exact) mass is 293 g/mol. The smallest absolute Gasteiger partial charge is 0.335 e. The zero-order valence-corrected chi connectivity index (χ0v) is 12.0. The fourth-order valence-electron chi connectivity index (χ4n) is 1.78. The van der Waals surface area contributed by atoms with Gasteiger partial charge in [-0.2, -0.15) is 0 Å². The van der Waals surface area contributed by atoms with Crippen LogP contribution in [0.25, 0.3) is 0 Å². The molecule has 1 aromatic carbocycles. The van der Waals surface area contributed by atoms with Gasteiger partial charge in [0.2, 0.25) is 5.91 Å². The summed E-state index contributed by atoms with van der Waals surface area (Å²) >= 11 is 0. The third-order valence-electron chi connectivity index (χ3n) is 2.72. The number of hydrogen-bond acceptors (Lipinski definition) is 3. The van der Waals surface area contributed by atoms with Crippen LogP contribution in [0.4, 0.5) is 4.79 Å². The van der Waals surface area contributed by atoms with Crippen molar-refractivity contribution in [1.29, 1.82) is 0 Å². The maximum absolute atomic E-state index is 11.7.